The first-order valence-electron chi connectivity index (χ1n) is 13.3. The molecule has 2 aromatic heterocycles. The first-order chi connectivity index (χ1) is 18.6. The van der Waals surface area contributed by atoms with Gasteiger partial charge in [0.2, 0.25) is 0 Å². The lowest BCUT2D eigenvalue weighted by Gasteiger charge is -2.39. The lowest BCUT2D eigenvalue weighted by atomic mass is 10.0. The summed E-state index contributed by atoms with van der Waals surface area (Å²) in [5.41, 5.74) is 2.58. The second-order valence-corrected chi connectivity index (χ2v) is 11.1. The minimum atomic E-state index is -0.599. The van der Waals surface area contributed by atoms with E-state index in [0.29, 0.717) is 24.5 Å². The molecule has 0 bridgehead atoms. The normalized spacial score (nSPS) is 15.8. The van der Waals surface area contributed by atoms with Gasteiger partial charge in [-0.3, -0.25) is 9.69 Å². The molecule has 0 aliphatic carbocycles. The van der Waals surface area contributed by atoms with E-state index in [2.05, 4.69) is 10.3 Å². The molecule has 0 spiro atoms. The molecule has 202 valence electrons. The van der Waals surface area contributed by atoms with Crippen LogP contribution in [0, 0.1) is 13.8 Å². The van der Waals surface area contributed by atoms with Crippen LogP contribution >= 0.6 is 0 Å². The number of likely N-dealkylation sites (tertiary alicyclic amines) is 1. The Balaban J connectivity index is 1.54. The zero-order valence-electron chi connectivity index (χ0n) is 23.1. The largest absolute Gasteiger partial charge is 0.444 e. The van der Waals surface area contributed by atoms with Crippen LogP contribution in [0.3, 0.4) is 0 Å². The first-order valence-corrected chi connectivity index (χ1v) is 13.3. The number of ether oxygens (including phenoxy) is 1. The highest BCUT2D eigenvalue weighted by atomic mass is 16.6. The first kappa shape index (κ1) is 26.3. The van der Waals surface area contributed by atoms with E-state index in [9.17, 15) is 9.59 Å². The van der Waals surface area contributed by atoms with Gasteiger partial charge in [0.25, 0.3) is 5.91 Å². The van der Waals surface area contributed by atoms with E-state index in [1.165, 1.54) is 0 Å². The van der Waals surface area contributed by atoms with Crippen LogP contribution in [0.5, 0.6) is 0 Å². The summed E-state index contributed by atoms with van der Waals surface area (Å²) in [5.74, 6) is 0.429. The molecule has 0 radical (unpaired) electrons. The Labute approximate surface area is 228 Å². The standard InChI is InChI=1S/C30H34N6O3/c1-20-8-6-9-22-15-16-31-27(26(20)22)36(25-10-7-17-34(19-25)29(38)39-30(3,4)5)28(37)23-11-13-24(14-12-23)35-18-21(2)32-33-35/h6,8-9,11-16,18,25H,7,10,17,19H2,1-5H3/t25-/m1/s1. The van der Waals surface area contributed by atoms with Crippen LogP contribution in [0.4, 0.5) is 10.6 Å². The number of pyridine rings is 1. The summed E-state index contributed by atoms with van der Waals surface area (Å²) in [5, 5.41) is 10.1. The van der Waals surface area contributed by atoms with Gasteiger partial charge in [-0.25, -0.2) is 14.5 Å². The van der Waals surface area contributed by atoms with E-state index in [1.807, 2.05) is 77.2 Å². The fourth-order valence-electron chi connectivity index (χ4n) is 5.03. The van der Waals surface area contributed by atoms with Crippen LogP contribution < -0.4 is 4.90 Å². The van der Waals surface area contributed by atoms with Gasteiger partial charge in [-0.15, -0.1) is 5.10 Å². The minimum Gasteiger partial charge on any atom is -0.444 e. The van der Waals surface area contributed by atoms with Crippen LogP contribution in [0.25, 0.3) is 16.5 Å². The molecule has 2 aromatic carbocycles. The van der Waals surface area contributed by atoms with E-state index < -0.39 is 5.60 Å². The van der Waals surface area contributed by atoms with Gasteiger partial charge in [-0.2, -0.15) is 0 Å². The molecule has 3 heterocycles. The number of rotatable bonds is 4. The number of hydrogen-bond acceptors (Lipinski definition) is 6. The maximum Gasteiger partial charge on any atom is 0.410 e. The van der Waals surface area contributed by atoms with Gasteiger partial charge < -0.3 is 9.64 Å². The fourth-order valence-corrected chi connectivity index (χ4v) is 5.03. The van der Waals surface area contributed by atoms with Crippen molar-refractivity contribution in [1.29, 1.82) is 0 Å². The number of aromatic nitrogens is 4. The highest BCUT2D eigenvalue weighted by Gasteiger charge is 2.35. The van der Waals surface area contributed by atoms with Crippen LogP contribution in [-0.4, -0.2) is 61.6 Å². The summed E-state index contributed by atoms with van der Waals surface area (Å²) >= 11 is 0. The Bertz CT molecular complexity index is 1500. The molecule has 9 heteroatoms. The molecule has 1 aliphatic rings. The van der Waals surface area contributed by atoms with Gasteiger partial charge in [-0.05, 0) is 88.7 Å². The summed E-state index contributed by atoms with van der Waals surface area (Å²) < 4.78 is 7.33. The minimum absolute atomic E-state index is 0.171. The molecule has 1 fully saturated rings. The average Bonchev–Trinajstić information content (AvgIpc) is 3.34. The third-order valence-electron chi connectivity index (χ3n) is 6.83. The molecule has 1 atom stereocenters. The van der Waals surface area contributed by atoms with E-state index >= 15 is 0 Å². The van der Waals surface area contributed by atoms with Crippen molar-refractivity contribution in [2.45, 2.75) is 59.1 Å². The lowest BCUT2D eigenvalue weighted by molar-refractivity contribution is 0.0196. The molecular formula is C30H34N6O3. The smallest absolute Gasteiger partial charge is 0.410 e. The highest BCUT2D eigenvalue weighted by molar-refractivity contribution is 6.10. The topological polar surface area (TPSA) is 93.5 Å². The van der Waals surface area contributed by atoms with Gasteiger partial charge in [0.1, 0.15) is 11.4 Å². The molecular weight excluding hydrogens is 492 g/mol. The summed E-state index contributed by atoms with van der Waals surface area (Å²) in [6.07, 6.45) is 4.70. The molecule has 0 unspecified atom stereocenters. The van der Waals surface area contributed by atoms with E-state index in [4.69, 9.17) is 9.72 Å². The van der Waals surface area contributed by atoms with Crippen LogP contribution in [0.15, 0.2) is 60.9 Å². The van der Waals surface area contributed by atoms with Crippen LogP contribution in [0.1, 0.15) is 55.2 Å². The summed E-state index contributed by atoms with van der Waals surface area (Å²) in [7, 11) is 0. The molecule has 1 aliphatic heterocycles. The molecule has 5 rings (SSSR count). The maximum atomic E-state index is 14.3. The quantitative estimate of drug-likeness (QED) is 0.350. The van der Waals surface area contributed by atoms with Crippen molar-refractivity contribution in [2.75, 3.05) is 18.0 Å². The highest BCUT2D eigenvalue weighted by Crippen LogP contribution is 2.32. The Morgan fingerprint density at radius 2 is 1.82 bits per heavy atom. The van der Waals surface area contributed by atoms with Gasteiger partial charge in [-0.1, -0.05) is 23.4 Å². The van der Waals surface area contributed by atoms with E-state index in [0.717, 1.165) is 40.6 Å². The van der Waals surface area contributed by atoms with Crippen molar-refractivity contribution < 1.29 is 14.3 Å². The monoisotopic (exact) mass is 526 g/mol. The summed E-state index contributed by atoms with van der Waals surface area (Å²) in [6.45, 7) is 10.4. The van der Waals surface area contributed by atoms with Gasteiger partial charge in [0.15, 0.2) is 0 Å². The maximum absolute atomic E-state index is 14.3. The number of piperidine rings is 1. The molecule has 0 N–H and O–H groups in total. The Morgan fingerprint density at radius 3 is 2.51 bits per heavy atom. The van der Waals surface area contributed by atoms with E-state index in [-0.39, 0.29) is 18.0 Å². The van der Waals surface area contributed by atoms with Gasteiger partial charge >= 0.3 is 6.09 Å². The summed E-state index contributed by atoms with van der Waals surface area (Å²) in [4.78, 5) is 35.5. The average molecular weight is 527 g/mol. The molecule has 2 amide bonds. The summed E-state index contributed by atoms with van der Waals surface area (Å²) in [6, 6.07) is 15.1. The van der Waals surface area contributed by atoms with Crippen molar-refractivity contribution in [3.63, 3.8) is 0 Å². The number of benzene rings is 2. The number of aryl methyl sites for hydroxylation is 2. The predicted octanol–water partition coefficient (Wildman–Crippen LogP) is 5.48. The molecule has 4 aromatic rings. The van der Waals surface area contributed by atoms with Crippen LogP contribution in [0.2, 0.25) is 0 Å². The molecule has 9 nitrogen and oxygen atoms in total. The number of hydrogen-bond donors (Lipinski definition) is 0. The van der Waals surface area contributed by atoms with Crippen molar-refractivity contribution in [2.24, 2.45) is 0 Å². The molecule has 39 heavy (non-hydrogen) atoms. The van der Waals surface area contributed by atoms with Gasteiger partial charge in [0, 0.05) is 30.2 Å². The van der Waals surface area contributed by atoms with Crippen molar-refractivity contribution in [1.82, 2.24) is 24.9 Å². The number of carbonyl (C=O) groups excluding carboxylic acids is 2. The number of nitrogens with zero attached hydrogens (tertiary/aromatic N) is 6. The molecule has 1 saturated heterocycles. The number of fused-ring (bicyclic) bond motifs is 1. The second-order valence-electron chi connectivity index (χ2n) is 11.1. The Morgan fingerprint density at radius 1 is 1.05 bits per heavy atom. The fraction of sp³-hybridized carbons (Fsp3) is 0.367. The van der Waals surface area contributed by atoms with Crippen LogP contribution in [-0.2, 0) is 4.74 Å². The Kier molecular flexibility index (Phi) is 7.08. The predicted molar refractivity (Wildman–Crippen MR) is 150 cm³/mol. The van der Waals surface area contributed by atoms with Gasteiger partial charge in [0.05, 0.1) is 23.6 Å². The third kappa shape index (κ3) is 5.62. The molecule has 0 saturated carbocycles. The zero-order valence-corrected chi connectivity index (χ0v) is 23.1. The van der Waals surface area contributed by atoms with Crippen molar-refractivity contribution in [3.05, 3.63) is 77.7 Å². The van der Waals surface area contributed by atoms with Crippen molar-refractivity contribution >= 4 is 28.6 Å². The number of carbonyl (C=O) groups is 2. The third-order valence-corrected chi connectivity index (χ3v) is 6.83. The Hall–Kier alpha value is -4.27. The lowest BCUT2D eigenvalue weighted by Crippen LogP contribution is -2.53. The van der Waals surface area contributed by atoms with E-state index in [1.54, 1.807) is 32.8 Å². The number of amides is 2. The second kappa shape index (κ2) is 10.5. The van der Waals surface area contributed by atoms with Crippen molar-refractivity contribution in [3.8, 4) is 5.69 Å². The zero-order chi connectivity index (χ0) is 27.7. The SMILES string of the molecule is Cc1cn(-c2ccc(C(=O)N(c3nccc4cccc(C)c34)[C@@H]3CCCN(C(=O)OC(C)(C)C)C3)cc2)nn1. The number of anilines is 1.